The normalized spacial score (nSPS) is 24.0. The molecule has 1 rings (SSSR count). The highest BCUT2D eigenvalue weighted by atomic mass is 16.5. The molecule has 1 saturated heterocycles. The van der Waals surface area contributed by atoms with E-state index in [9.17, 15) is 0 Å². The van der Waals surface area contributed by atoms with Crippen LogP contribution < -0.4 is 5.32 Å². The van der Waals surface area contributed by atoms with Crippen molar-refractivity contribution in [2.45, 2.75) is 32.7 Å². The Morgan fingerprint density at radius 2 is 2.20 bits per heavy atom. The molecule has 0 saturated carbocycles. The second-order valence-corrected chi connectivity index (χ2v) is 5.44. The number of rotatable bonds is 5. The van der Waals surface area contributed by atoms with E-state index in [2.05, 4.69) is 24.1 Å². The smallest absolute Gasteiger partial charge is 0.0628 e. The topological polar surface area (TPSA) is 24.5 Å². The van der Waals surface area contributed by atoms with Crippen LogP contribution in [0.4, 0.5) is 0 Å². The molecule has 1 N–H and O–H groups in total. The fourth-order valence-corrected chi connectivity index (χ4v) is 2.44. The minimum atomic E-state index is 0.462. The van der Waals surface area contributed by atoms with E-state index in [4.69, 9.17) is 4.74 Å². The molecule has 0 aromatic rings. The average Bonchev–Trinajstić information content (AvgIpc) is 2.15. The standard InChI is InChI=1S/C12H26N2O/c1-12(2)6-5-7-14(10-12)8-11(13-3)9-15-4/h11,13H,5-10H2,1-4H3. The molecule has 1 heterocycles. The summed E-state index contributed by atoms with van der Waals surface area (Å²) in [7, 11) is 3.78. The number of hydrogen-bond acceptors (Lipinski definition) is 3. The largest absolute Gasteiger partial charge is 0.383 e. The Morgan fingerprint density at radius 1 is 1.47 bits per heavy atom. The van der Waals surface area contributed by atoms with Crippen molar-refractivity contribution in [1.29, 1.82) is 0 Å². The maximum atomic E-state index is 5.20. The van der Waals surface area contributed by atoms with Crippen molar-refractivity contribution >= 4 is 0 Å². The van der Waals surface area contributed by atoms with Crippen LogP contribution >= 0.6 is 0 Å². The van der Waals surface area contributed by atoms with Gasteiger partial charge < -0.3 is 15.0 Å². The van der Waals surface area contributed by atoms with Gasteiger partial charge in [0.2, 0.25) is 0 Å². The molecule has 0 aromatic carbocycles. The Bertz CT molecular complexity index is 182. The highest BCUT2D eigenvalue weighted by Crippen LogP contribution is 2.28. The maximum Gasteiger partial charge on any atom is 0.0628 e. The number of nitrogens with one attached hydrogen (secondary N) is 1. The van der Waals surface area contributed by atoms with Gasteiger partial charge in [-0.15, -0.1) is 0 Å². The molecule has 1 unspecified atom stereocenters. The molecule has 15 heavy (non-hydrogen) atoms. The lowest BCUT2D eigenvalue weighted by Crippen LogP contribution is -2.47. The van der Waals surface area contributed by atoms with Gasteiger partial charge in [-0.3, -0.25) is 0 Å². The van der Waals surface area contributed by atoms with E-state index >= 15 is 0 Å². The zero-order valence-electron chi connectivity index (χ0n) is 10.7. The van der Waals surface area contributed by atoms with Gasteiger partial charge in [-0.2, -0.15) is 0 Å². The minimum absolute atomic E-state index is 0.462. The Hall–Kier alpha value is -0.120. The summed E-state index contributed by atoms with van der Waals surface area (Å²) in [4.78, 5) is 2.56. The summed E-state index contributed by atoms with van der Waals surface area (Å²) in [5, 5.41) is 3.31. The number of piperidine rings is 1. The molecule has 1 aliphatic rings. The van der Waals surface area contributed by atoms with Crippen molar-refractivity contribution in [3.05, 3.63) is 0 Å². The summed E-state index contributed by atoms with van der Waals surface area (Å²) >= 11 is 0. The summed E-state index contributed by atoms with van der Waals surface area (Å²) in [5.74, 6) is 0. The van der Waals surface area contributed by atoms with Gasteiger partial charge in [0, 0.05) is 26.2 Å². The van der Waals surface area contributed by atoms with Gasteiger partial charge >= 0.3 is 0 Å². The molecule has 0 aliphatic carbocycles. The highest BCUT2D eigenvalue weighted by Gasteiger charge is 2.27. The van der Waals surface area contributed by atoms with Crippen molar-refractivity contribution in [2.24, 2.45) is 5.41 Å². The van der Waals surface area contributed by atoms with E-state index in [0.717, 1.165) is 13.2 Å². The van der Waals surface area contributed by atoms with Gasteiger partial charge in [-0.25, -0.2) is 0 Å². The molecular weight excluding hydrogens is 188 g/mol. The van der Waals surface area contributed by atoms with E-state index in [1.807, 2.05) is 7.05 Å². The molecule has 1 fully saturated rings. The summed E-state index contributed by atoms with van der Waals surface area (Å²) < 4.78 is 5.20. The molecule has 1 atom stereocenters. The van der Waals surface area contributed by atoms with Crippen molar-refractivity contribution < 1.29 is 4.74 Å². The summed E-state index contributed by atoms with van der Waals surface area (Å²) in [5.41, 5.74) is 0.490. The van der Waals surface area contributed by atoms with Crippen LogP contribution in [0.3, 0.4) is 0 Å². The fraction of sp³-hybridized carbons (Fsp3) is 1.00. The van der Waals surface area contributed by atoms with E-state index < -0.39 is 0 Å². The van der Waals surface area contributed by atoms with Crippen LogP contribution in [0, 0.1) is 5.41 Å². The molecule has 90 valence electrons. The Morgan fingerprint density at radius 3 is 2.73 bits per heavy atom. The van der Waals surface area contributed by atoms with Gasteiger partial charge in [-0.1, -0.05) is 13.8 Å². The summed E-state index contributed by atoms with van der Waals surface area (Å²) in [6, 6.07) is 0.462. The highest BCUT2D eigenvalue weighted by molar-refractivity contribution is 4.82. The van der Waals surface area contributed by atoms with Crippen LogP contribution in [0.25, 0.3) is 0 Å². The third-order valence-corrected chi connectivity index (χ3v) is 3.23. The first-order valence-electron chi connectivity index (χ1n) is 5.96. The average molecular weight is 214 g/mol. The molecule has 0 aromatic heterocycles. The zero-order valence-corrected chi connectivity index (χ0v) is 10.7. The lowest BCUT2D eigenvalue weighted by molar-refractivity contribution is 0.0872. The van der Waals surface area contributed by atoms with Crippen LogP contribution in [0.15, 0.2) is 0 Å². The summed E-state index contributed by atoms with van der Waals surface area (Å²) in [6.07, 6.45) is 2.69. The van der Waals surface area contributed by atoms with E-state index in [1.165, 1.54) is 25.9 Å². The van der Waals surface area contributed by atoms with Crippen molar-refractivity contribution in [3.63, 3.8) is 0 Å². The third-order valence-electron chi connectivity index (χ3n) is 3.23. The van der Waals surface area contributed by atoms with Gasteiger partial charge in [0.15, 0.2) is 0 Å². The second kappa shape index (κ2) is 5.83. The lowest BCUT2D eigenvalue weighted by atomic mass is 9.84. The Balaban J connectivity index is 2.36. The van der Waals surface area contributed by atoms with Gasteiger partial charge in [0.1, 0.15) is 0 Å². The SMILES string of the molecule is CNC(COC)CN1CCCC(C)(C)C1. The maximum absolute atomic E-state index is 5.20. The number of ether oxygens (including phenoxy) is 1. The minimum Gasteiger partial charge on any atom is -0.383 e. The van der Waals surface area contributed by atoms with Gasteiger partial charge in [0.05, 0.1) is 6.61 Å². The molecule has 0 amide bonds. The Kier molecular flexibility index (Phi) is 5.03. The predicted molar refractivity (Wildman–Crippen MR) is 64.2 cm³/mol. The Labute approximate surface area is 94.2 Å². The van der Waals surface area contributed by atoms with Crippen molar-refractivity contribution in [3.8, 4) is 0 Å². The molecule has 0 spiro atoms. The monoisotopic (exact) mass is 214 g/mol. The van der Waals surface area contributed by atoms with Crippen LogP contribution in [0.5, 0.6) is 0 Å². The second-order valence-electron chi connectivity index (χ2n) is 5.44. The van der Waals surface area contributed by atoms with Gasteiger partial charge in [0.25, 0.3) is 0 Å². The lowest BCUT2D eigenvalue weighted by Gasteiger charge is -2.39. The number of likely N-dealkylation sites (tertiary alicyclic amines) is 1. The quantitative estimate of drug-likeness (QED) is 0.747. The molecule has 0 radical (unpaired) electrons. The zero-order chi connectivity index (χ0) is 11.3. The van der Waals surface area contributed by atoms with E-state index in [-0.39, 0.29) is 0 Å². The number of hydrogen-bond donors (Lipinski definition) is 1. The van der Waals surface area contributed by atoms with Crippen LogP contribution in [-0.2, 0) is 4.74 Å². The van der Waals surface area contributed by atoms with Crippen molar-refractivity contribution in [1.82, 2.24) is 10.2 Å². The summed E-state index contributed by atoms with van der Waals surface area (Å²) in [6.45, 7) is 9.09. The molecule has 3 nitrogen and oxygen atoms in total. The van der Waals surface area contributed by atoms with Crippen LogP contribution in [0.2, 0.25) is 0 Å². The van der Waals surface area contributed by atoms with Crippen LogP contribution in [0.1, 0.15) is 26.7 Å². The van der Waals surface area contributed by atoms with Crippen LogP contribution in [-0.4, -0.2) is 51.3 Å². The molecular formula is C12H26N2O. The first-order valence-corrected chi connectivity index (χ1v) is 5.96. The third kappa shape index (κ3) is 4.49. The van der Waals surface area contributed by atoms with Gasteiger partial charge in [-0.05, 0) is 31.8 Å². The number of methoxy groups -OCH3 is 1. The first-order chi connectivity index (χ1) is 7.07. The molecule has 3 heteroatoms. The molecule has 0 bridgehead atoms. The first kappa shape index (κ1) is 12.9. The van der Waals surface area contributed by atoms with Crippen molar-refractivity contribution in [2.75, 3.05) is 40.4 Å². The molecule has 1 aliphatic heterocycles. The van der Waals surface area contributed by atoms with E-state index in [1.54, 1.807) is 7.11 Å². The van der Waals surface area contributed by atoms with E-state index in [0.29, 0.717) is 11.5 Å². The number of likely N-dealkylation sites (N-methyl/N-ethyl adjacent to an activating group) is 1. The predicted octanol–water partition coefficient (Wildman–Crippen LogP) is 1.34. The number of nitrogens with zero attached hydrogens (tertiary/aromatic N) is 1. The fourth-order valence-electron chi connectivity index (χ4n) is 2.44.